The fraction of sp³-hybridized carbons (Fsp3) is 0.842. The number of urea groups is 2. The third-order valence-corrected chi connectivity index (χ3v) is 6.67. The fourth-order valence-electron chi connectivity index (χ4n) is 5.17. The van der Waals surface area contributed by atoms with Crippen LogP contribution in [-0.4, -0.2) is 97.5 Å². The van der Waals surface area contributed by atoms with Gasteiger partial charge in [-0.05, 0) is 33.1 Å². The van der Waals surface area contributed by atoms with Gasteiger partial charge in [0.1, 0.15) is 0 Å². The Kier molecular flexibility index (Phi) is 5.03. The maximum atomic E-state index is 13.2. The number of hydrogen-bond donors (Lipinski definition) is 1. The molecule has 1 N–H and O–H groups in total. The van der Waals surface area contributed by atoms with Crippen molar-refractivity contribution in [3.63, 3.8) is 0 Å². The minimum absolute atomic E-state index is 0.0337. The number of nitrogens with one attached hydrogen (secondary N) is 1. The summed E-state index contributed by atoms with van der Waals surface area (Å²) < 4.78 is 0. The Labute approximate surface area is 161 Å². The summed E-state index contributed by atoms with van der Waals surface area (Å²) in [5.74, 6) is 0.164. The quantitative estimate of drug-likeness (QED) is 0.739. The molecule has 0 aromatic rings. The summed E-state index contributed by atoms with van der Waals surface area (Å²) in [6.45, 7) is 6.99. The summed E-state index contributed by atoms with van der Waals surface area (Å²) in [6.07, 6.45) is 2.31. The Hall–Kier alpha value is -1.99. The van der Waals surface area contributed by atoms with E-state index >= 15 is 0 Å². The maximum Gasteiger partial charge on any atom is 0.319 e. The number of rotatable bonds is 1. The molecule has 3 aliphatic heterocycles. The zero-order valence-electron chi connectivity index (χ0n) is 17.2. The van der Waals surface area contributed by atoms with Gasteiger partial charge in [0, 0.05) is 65.3 Å². The van der Waals surface area contributed by atoms with Crippen LogP contribution in [-0.2, 0) is 4.79 Å². The Morgan fingerprint density at radius 2 is 1.67 bits per heavy atom. The zero-order valence-corrected chi connectivity index (χ0v) is 17.2. The van der Waals surface area contributed by atoms with Crippen LogP contribution in [0, 0.1) is 10.8 Å². The smallest absolute Gasteiger partial charge is 0.319 e. The Bertz CT molecular complexity index is 627. The Morgan fingerprint density at radius 3 is 2.15 bits per heavy atom. The second-order valence-electron chi connectivity index (χ2n) is 8.96. The van der Waals surface area contributed by atoms with E-state index in [1.165, 1.54) is 0 Å². The van der Waals surface area contributed by atoms with Crippen molar-refractivity contribution in [3.8, 4) is 0 Å². The summed E-state index contributed by atoms with van der Waals surface area (Å²) >= 11 is 0. The van der Waals surface area contributed by atoms with Crippen molar-refractivity contribution in [2.75, 3.05) is 53.9 Å². The molecule has 152 valence electrons. The van der Waals surface area contributed by atoms with Crippen molar-refractivity contribution >= 4 is 18.0 Å². The molecule has 1 atom stereocenters. The number of nitrogens with zero attached hydrogens (tertiary/aromatic N) is 4. The molecule has 5 amide bonds. The van der Waals surface area contributed by atoms with Gasteiger partial charge in [0.05, 0.1) is 5.41 Å². The van der Waals surface area contributed by atoms with E-state index < -0.39 is 5.41 Å². The van der Waals surface area contributed by atoms with Crippen LogP contribution in [0.1, 0.15) is 33.1 Å². The minimum Gasteiger partial charge on any atom is -0.345 e. The number of fused-ring (bicyclic) bond motifs is 1. The normalized spacial score (nSPS) is 27.2. The van der Waals surface area contributed by atoms with Crippen LogP contribution in [0.4, 0.5) is 9.59 Å². The van der Waals surface area contributed by atoms with Gasteiger partial charge in [0.15, 0.2) is 0 Å². The highest BCUT2D eigenvalue weighted by atomic mass is 16.2. The van der Waals surface area contributed by atoms with Crippen LogP contribution in [0.3, 0.4) is 0 Å². The highest BCUT2D eigenvalue weighted by Gasteiger charge is 2.65. The lowest BCUT2D eigenvalue weighted by Gasteiger charge is -2.46. The van der Waals surface area contributed by atoms with Gasteiger partial charge in [-0.25, -0.2) is 9.59 Å². The molecule has 0 radical (unpaired) electrons. The first-order valence-electron chi connectivity index (χ1n) is 9.89. The van der Waals surface area contributed by atoms with Crippen LogP contribution in [0.2, 0.25) is 0 Å². The second kappa shape index (κ2) is 6.87. The number of amides is 5. The predicted octanol–water partition coefficient (Wildman–Crippen LogP) is 1.03. The minimum atomic E-state index is -0.506. The number of carbonyl (C=O) groups is 3. The molecule has 0 aliphatic carbocycles. The summed E-state index contributed by atoms with van der Waals surface area (Å²) in [7, 11) is 5.36. The molecule has 0 bridgehead atoms. The number of carbonyl (C=O) groups excluding carboxylic acids is 3. The topological polar surface area (TPSA) is 76.2 Å². The molecule has 0 aromatic carbocycles. The van der Waals surface area contributed by atoms with E-state index in [1.54, 1.807) is 19.0 Å². The molecule has 2 spiro atoms. The average molecular weight is 380 g/mol. The van der Waals surface area contributed by atoms with E-state index in [1.807, 2.05) is 35.6 Å². The molecule has 3 rings (SSSR count). The van der Waals surface area contributed by atoms with Crippen LogP contribution < -0.4 is 5.32 Å². The highest BCUT2D eigenvalue weighted by molar-refractivity contribution is 5.88. The molecule has 3 aliphatic rings. The zero-order chi connectivity index (χ0) is 20.0. The average Bonchev–Trinajstić information content (AvgIpc) is 3.07. The summed E-state index contributed by atoms with van der Waals surface area (Å²) in [4.78, 5) is 45.3. The van der Waals surface area contributed by atoms with E-state index in [-0.39, 0.29) is 29.4 Å². The molecule has 3 heterocycles. The maximum absolute atomic E-state index is 13.2. The third-order valence-electron chi connectivity index (χ3n) is 6.67. The van der Waals surface area contributed by atoms with Gasteiger partial charge in [-0.3, -0.25) is 4.79 Å². The van der Waals surface area contributed by atoms with Crippen LogP contribution in [0.25, 0.3) is 0 Å². The first kappa shape index (κ1) is 19.8. The summed E-state index contributed by atoms with van der Waals surface area (Å²) in [5.41, 5.74) is -0.747. The van der Waals surface area contributed by atoms with Gasteiger partial charge < -0.3 is 24.9 Å². The van der Waals surface area contributed by atoms with E-state index in [2.05, 4.69) is 5.32 Å². The molecule has 27 heavy (non-hydrogen) atoms. The van der Waals surface area contributed by atoms with Crippen molar-refractivity contribution in [3.05, 3.63) is 0 Å². The van der Waals surface area contributed by atoms with Crippen molar-refractivity contribution in [2.24, 2.45) is 10.8 Å². The monoisotopic (exact) mass is 379 g/mol. The molecular weight excluding hydrogens is 346 g/mol. The lowest BCUT2D eigenvalue weighted by Crippen LogP contribution is -2.55. The fourth-order valence-corrected chi connectivity index (χ4v) is 5.17. The van der Waals surface area contributed by atoms with Gasteiger partial charge in [-0.15, -0.1) is 0 Å². The highest BCUT2D eigenvalue weighted by Crippen LogP contribution is 2.57. The van der Waals surface area contributed by atoms with Crippen molar-refractivity contribution in [2.45, 2.75) is 39.2 Å². The second-order valence-corrected chi connectivity index (χ2v) is 8.96. The van der Waals surface area contributed by atoms with Crippen LogP contribution in [0.15, 0.2) is 0 Å². The lowest BCUT2D eigenvalue weighted by molar-refractivity contribution is -0.141. The lowest BCUT2D eigenvalue weighted by atomic mass is 9.60. The largest absolute Gasteiger partial charge is 0.345 e. The molecule has 0 saturated carbocycles. The van der Waals surface area contributed by atoms with E-state index in [0.29, 0.717) is 26.2 Å². The van der Waals surface area contributed by atoms with Crippen molar-refractivity contribution in [1.82, 2.24) is 24.9 Å². The molecule has 8 heteroatoms. The molecule has 3 saturated heterocycles. The first-order valence-corrected chi connectivity index (χ1v) is 9.89. The van der Waals surface area contributed by atoms with Crippen LogP contribution >= 0.6 is 0 Å². The van der Waals surface area contributed by atoms with Gasteiger partial charge in [-0.1, -0.05) is 0 Å². The number of hydrogen-bond acceptors (Lipinski definition) is 3. The third kappa shape index (κ3) is 3.12. The summed E-state index contributed by atoms with van der Waals surface area (Å²) in [6, 6.07) is 0.0287. The number of likely N-dealkylation sites (tertiary alicyclic amines) is 3. The first-order chi connectivity index (χ1) is 12.6. The van der Waals surface area contributed by atoms with E-state index in [0.717, 1.165) is 25.8 Å². The number of piperidine rings is 1. The van der Waals surface area contributed by atoms with E-state index in [4.69, 9.17) is 0 Å². The van der Waals surface area contributed by atoms with E-state index in [9.17, 15) is 14.4 Å². The van der Waals surface area contributed by atoms with Gasteiger partial charge >= 0.3 is 12.1 Å². The molecule has 8 nitrogen and oxygen atoms in total. The Morgan fingerprint density at radius 1 is 1.04 bits per heavy atom. The molecule has 3 fully saturated rings. The predicted molar refractivity (Wildman–Crippen MR) is 102 cm³/mol. The molecular formula is C19H33N5O3. The molecule has 0 aromatic heterocycles. The van der Waals surface area contributed by atoms with Crippen LogP contribution in [0.5, 0.6) is 0 Å². The van der Waals surface area contributed by atoms with Gasteiger partial charge in [0.2, 0.25) is 5.91 Å². The SMILES string of the molecule is CC(C)NC(=O)N1CCC2(CC1)CN(C(=O)N(C)C)CC21CCN(C)C1=O. The van der Waals surface area contributed by atoms with Gasteiger partial charge in [0.25, 0.3) is 0 Å². The standard InChI is InChI=1S/C19H33N5O3/c1-14(2)20-16(26)23-10-6-18(7-11-23)12-24(17(27)21(3)4)13-19(18)8-9-22(5)15(19)25/h14H,6-13H2,1-5H3,(H,20,26). The van der Waals surface area contributed by atoms with Crippen molar-refractivity contribution in [1.29, 1.82) is 0 Å². The van der Waals surface area contributed by atoms with Crippen molar-refractivity contribution < 1.29 is 14.4 Å². The Balaban J connectivity index is 1.83. The summed E-state index contributed by atoms with van der Waals surface area (Å²) in [5, 5.41) is 2.95. The molecule has 1 unspecified atom stereocenters. The van der Waals surface area contributed by atoms with Gasteiger partial charge in [-0.2, -0.15) is 0 Å².